The molecule has 1 aliphatic heterocycles. The second kappa shape index (κ2) is 6.28. The van der Waals surface area contributed by atoms with E-state index in [9.17, 15) is 9.18 Å². The Bertz CT molecular complexity index is 944. The number of aromatic nitrogens is 1. The fraction of sp³-hybridized carbons (Fsp3) is 0.238. The van der Waals surface area contributed by atoms with Gasteiger partial charge in [-0.2, -0.15) is 0 Å². The molecular weight excluding hydrogens is 315 g/mol. The molecule has 1 aromatic heterocycles. The van der Waals surface area contributed by atoms with Crippen LogP contribution in [0.4, 0.5) is 4.39 Å². The number of carbonyl (C=O) groups is 1. The van der Waals surface area contributed by atoms with E-state index in [4.69, 9.17) is 4.98 Å². The summed E-state index contributed by atoms with van der Waals surface area (Å²) in [7, 11) is 0. The van der Waals surface area contributed by atoms with Gasteiger partial charge >= 0.3 is 0 Å². The van der Waals surface area contributed by atoms with Crippen molar-refractivity contribution in [1.82, 2.24) is 9.88 Å². The fourth-order valence-corrected chi connectivity index (χ4v) is 3.38. The van der Waals surface area contributed by atoms with Crippen molar-refractivity contribution < 1.29 is 9.18 Å². The minimum absolute atomic E-state index is 0.0545. The molecule has 1 amide bonds. The Morgan fingerprint density at radius 2 is 1.76 bits per heavy atom. The molecule has 0 radical (unpaired) electrons. The van der Waals surface area contributed by atoms with Crippen LogP contribution in [0, 0.1) is 12.7 Å². The molecule has 0 atom stereocenters. The summed E-state index contributed by atoms with van der Waals surface area (Å²) in [6.07, 6.45) is 2.11. The fourth-order valence-electron chi connectivity index (χ4n) is 3.38. The molecule has 4 heteroatoms. The summed E-state index contributed by atoms with van der Waals surface area (Å²) < 4.78 is 13.2. The Morgan fingerprint density at radius 1 is 1.04 bits per heavy atom. The predicted octanol–water partition coefficient (Wildman–Crippen LogP) is 4.59. The summed E-state index contributed by atoms with van der Waals surface area (Å²) in [5.74, 6) is -0.229. The lowest BCUT2D eigenvalue weighted by Gasteiger charge is -2.17. The summed E-state index contributed by atoms with van der Waals surface area (Å²) in [6.45, 7) is 3.62. The molecule has 2 heterocycles. The Balaban J connectivity index is 1.89. The number of pyridine rings is 1. The van der Waals surface area contributed by atoms with Crippen LogP contribution < -0.4 is 0 Å². The lowest BCUT2D eigenvalue weighted by molar-refractivity contribution is 0.0794. The van der Waals surface area contributed by atoms with Crippen LogP contribution in [0.5, 0.6) is 0 Å². The molecule has 1 saturated heterocycles. The third-order valence-corrected chi connectivity index (χ3v) is 4.73. The van der Waals surface area contributed by atoms with Gasteiger partial charge in [-0.1, -0.05) is 11.6 Å². The highest BCUT2D eigenvalue weighted by Gasteiger charge is 2.22. The average Bonchev–Trinajstić information content (AvgIpc) is 3.15. The molecule has 0 unspecified atom stereocenters. The zero-order valence-electron chi connectivity index (χ0n) is 14.1. The summed E-state index contributed by atoms with van der Waals surface area (Å²) in [5.41, 5.74) is 4.06. The first-order valence-corrected chi connectivity index (χ1v) is 8.58. The highest BCUT2D eigenvalue weighted by atomic mass is 19.1. The van der Waals surface area contributed by atoms with E-state index in [1.54, 1.807) is 12.1 Å². The summed E-state index contributed by atoms with van der Waals surface area (Å²) in [6, 6.07) is 14.0. The molecule has 0 spiro atoms. The van der Waals surface area contributed by atoms with Gasteiger partial charge in [0.2, 0.25) is 0 Å². The molecule has 0 N–H and O–H groups in total. The Hall–Kier alpha value is -2.75. The van der Waals surface area contributed by atoms with Gasteiger partial charge in [0.15, 0.2) is 0 Å². The zero-order chi connectivity index (χ0) is 17.4. The van der Waals surface area contributed by atoms with Crippen molar-refractivity contribution in [3.8, 4) is 11.3 Å². The minimum atomic E-state index is -0.284. The first-order valence-electron chi connectivity index (χ1n) is 8.58. The lowest BCUT2D eigenvalue weighted by atomic mass is 10.0. The number of halogens is 1. The molecule has 2 aromatic carbocycles. The Labute approximate surface area is 146 Å². The number of nitrogens with zero attached hydrogens (tertiary/aromatic N) is 2. The maximum absolute atomic E-state index is 13.2. The number of rotatable bonds is 2. The van der Waals surface area contributed by atoms with Crippen LogP contribution in [0.15, 0.2) is 48.5 Å². The molecule has 0 bridgehead atoms. The number of likely N-dealkylation sites (tertiary alicyclic amines) is 1. The maximum atomic E-state index is 13.2. The van der Waals surface area contributed by atoms with Gasteiger partial charge in [0.25, 0.3) is 5.91 Å². The first kappa shape index (κ1) is 15.8. The smallest absolute Gasteiger partial charge is 0.254 e. The van der Waals surface area contributed by atoms with Gasteiger partial charge < -0.3 is 4.90 Å². The third kappa shape index (κ3) is 3.00. The molecule has 1 fully saturated rings. The number of hydrogen-bond donors (Lipinski definition) is 0. The molecule has 3 nitrogen and oxygen atoms in total. The third-order valence-electron chi connectivity index (χ3n) is 4.73. The average molecular weight is 334 g/mol. The summed E-state index contributed by atoms with van der Waals surface area (Å²) in [4.78, 5) is 19.6. The van der Waals surface area contributed by atoms with Crippen LogP contribution in [0.3, 0.4) is 0 Å². The van der Waals surface area contributed by atoms with Gasteiger partial charge in [0.1, 0.15) is 5.82 Å². The van der Waals surface area contributed by atoms with Crippen LogP contribution in [-0.4, -0.2) is 28.9 Å². The lowest BCUT2D eigenvalue weighted by Crippen LogP contribution is -2.27. The highest BCUT2D eigenvalue weighted by Crippen LogP contribution is 2.27. The van der Waals surface area contributed by atoms with Crippen LogP contribution in [0.25, 0.3) is 22.2 Å². The van der Waals surface area contributed by atoms with Crippen molar-refractivity contribution in [2.75, 3.05) is 13.1 Å². The second-order valence-electron chi connectivity index (χ2n) is 6.58. The maximum Gasteiger partial charge on any atom is 0.254 e. The van der Waals surface area contributed by atoms with Crippen LogP contribution in [0.1, 0.15) is 28.8 Å². The molecule has 4 rings (SSSR count). The van der Waals surface area contributed by atoms with Gasteiger partial charge in [0.05, 0.1) is 16.8 Å². The topological polar surface area (TPSA) is 33.2 Å². The number of amides is 1. The van der Waals surface area contributed by atoms with Gasteiger partial charge in [-0.3, -0.25) is 4.79 Å². The van der Waals surface area contributed by atoms with Crippen LogP contribution in [0.2, 0.25) is 0 Å². The quantitative estimate of drug-likeness (QED) is 0.687. The SMILES string of the molecule is Cc1ccc2nc(-c3ccc(F)cc3)cc(C(=O)N3CCCC3)c2c1. The van der Waals surface area contributed by atoms with Crippen molar-refractivity contribution in [3.63, 3.8) is 0 Å². The van der Waals surface area contributed by atoms with E-state index >= 15 is 0 Å². The standard InChI is InChI=1S/C21H19FN2O/c1-14-4-9-19-17(12-14)18(21(25)24-10-2-3-11-24)13-20(23-19)15-5-7-16(22)8-6-15/h4-9,12-13H,2-3,10-11H2,1H3. The van der Waals surface area contributed by atoms with Gasteiger partial charge in [-0.25, -0.2) is 9.37 Å². The number of benzene rings is 2. The van der Waals surface area contributed by atoms with E-state index in [-0.39, 0.29) is 11.7 Å². The van der Waals surface area contributed by atoms with E-state index in [1.807, 2.05) is 36.1 Å². The van der Waals surface area contributed by atoms with Crippen molar-refractivity contribution in [3.05, 3.63) is 65.5 Å². The van der Waals surface area contributed by atoms with Crippen molar-refractivity contribution in [2.24, 2.45) is 0 Å². The molecule has 25 heavy (non-hydrogen) atoms. The predicted molar refractivity (Wildman–Crippen MR) is 97.0 cm³/mol. The van der Waals surface area contributed by atoms with Crippen molar-refractivity contribution >= 4 is 16.8 Å². The van der Waals surface area contributed by atoms with E-state index < -0.39 is 0 Å². The normalized spacial score (nSPS) is 14.2. The second-order valence-corrected chi connectivity index (χ2v) is 6.58. The Kier molecular flexibility index (Phi) is 3.96. The summed E-state index contributed by atoms with van der Waals surface area (Å²) >= 11 is 0. The van der Waals surface area contributed by atoms with Crippen molar-refractivity contribution in [2.45, 2.75) is 19.8 Å². The van der Waals surface area contributed by atoms with E-state index in [0.29, 0.717) is 11.3 Å². The first-order chi connectivity index (χ1) is 12.1. The van der Waals surface area contributed by atoms with Crippen LogP contribution >= 0.6 is 0 Å². The Morgan fingerprint density at radius 3 is 2.48 bits per heavy atom. The van der Waals surface area contributed by atoms with Gasteiger partial charge in [-0.15, -0.1) is 0 Å². The van der Waals surface area contributed by atoms with E-state index in [2.05, 4.69) is 0 Å². The molecule has 1 aliphatic rings. The largest absolute Gasteiger partial charge is 0.339 e. The number of aryl methyl sites for hydroxylation is 1. The van der Waals surface area contributed by atoms with Gasteiger partial charge in [-0.05, 0) is 62.2 Å². The minimum Gasteiger partial charge on any atom is -0.339 e. The monoisotopic (exact) mass is 334 g/mol. The molecular formula is C21H19FN2O. The van der Waals surface area contributed by atoms with E-state index in [0.717, 1.165) is 48.0 Å². The number of fused-ring (bicyclic) bond motifs is 1. The molecule has 0 saturated carbocycles. The van der Waals surface area contributed by atoms with Crippen molar-refractivity contribution in [1.29, 1.82) is 0 Å². The molecule has 126 valence electrons. The molecule has 3 aromatic rings. The van der Waals surface area contributed by atoms with E-state index in [1.165, 1.54) is 12.1 Å². The number of hydrogen-bond acceptors (Lipinski definition) is 2. The van der Waals surface area contributed by atoms with Crippen LogP contribution in [-0.2, 0) is 0 Å². The molecule has 0 aliphatic carbocycles. The summed E-state index contributed by atoms with van der Waals surface area (Å²) in [5, 5.41) is 0.878. The number of carbonyl (C=O) groups excluding carboxylic acids is 1. The highest BCUT2D eigenvalue weighted by molar-refractivity contribution is 6.07. The van der Waals surface area contributed by atoms with Gasteiger partial charge in [0, 0.05) is 24.0 Å². The zero-order valence-corrected chi connectivity index (χ0v) is 14.1.